The molecule has 20 heavy (non-hydrogen) atoms. The summed E-state index contributed by atoms with van der Waals surface area (Å²) >= 11 is 0. The molecular weight excluding hydrogens is 310 g/mol. The van der Waals surface area contributed by atoms with Crippen LogP contribution in [-0.4, -0.2) is 52.2 Å². The third kappa shape index (κ3) is 4.52. The van der Waals surface area contributed by atoms with Gasteiger partial charge in [0.25, 0.3) is 10.0 Å². The average molecular weight is 323 g/mol. The lowest BCUT2D eigenvalue weighted by Gasteiger charge is -2.06. The van der Waals surface area contributed by atoms with Gasteiger partial charge in [0.05, 0.1) is 11.3 Å². The molecule has 0 aliphatic heterocycles. The van der Waals surface area contributed by atoms with Crippen molar-refractivity contribution in [2.75, 3.05) is 19.3 Å². The Morgan fingerprint density at radius 2 is 1.95 bits per heavy atom. The Labute approximate surface area is 116 Å². The van der Waals surface area contributed by atoms with Crippen LogP contribution in [0.4, 0.5) is 0 Å². The molecule has 1 heterocycles. The van der Waals surface area contributed by atoms with Crippen LogP contribution in [0.2, 0.25) is 0 Å². The molecule has 0 saturated carbocycles. The standard InChI is InChI=1S/C9H13N3O6S2/c1-10-19(15,16)5-4-12-20(17,18)8-3-2-7(6-11-8)9(13)14/h2-3,6,10,12H,4-5H2,1H3,(H,13,14). The first-order chi connectivity index (χ1) is 9.18. The summed E-state index contributed by atoms with van der Waals surface area (Å²) in [5, 5.41) is 8.27. The van der Waals surface area contributed by atoms with Gasteiger partial charge < -0.3 is 5.11 Å². The second-order valence-electron chi connectivity index (χ2n) is 3.61. The van der Waals surface area contributed by atoms with Gasteiger partial charge in [0.2, 0.25) is 10.0 Å². The van der Waals surface area contributed by atoms with E-state index in [0.29, 0.717) is 0 Å². The van der Waals surface area contributed by atoms with Crippen molar-refractivity contribution in [3.63, 3.8) is 0 Å². The molecule has 1 rings (SSSR count). The van der Waals surface area contributed by atoms with Gasteiger partial charge in [0.1, 0.15) is 0 Å². The number of sulfonamides is 2. The van der Waals surface area contributed by atoms with Crippen LogP contribution in [0.1, 0.15) is 10.4 Å². The number of carboxylic acid groups (broad SMARTS) is 1. The Morgan fingerprint density at radius 3 is 2.40 bits per heavy atom. The lowest BCUT2D eigenvalue weighted by molar-refractivity contribution is 0.0696. The van der Waals surface area contributed by atoms with E-state index in [2.05, 4.69) is 9.71 Å². The van der Waals surface area contributed by atoms with E-state index in [0.717, 1.165) is 18.3 Å². The van der Waals surface area contributed by atoms with Crippen LogP contribution in [0.25, 0.3) is 0 Å². The highest BCUT2D eigenvalue weighted by molar-refractivity contribution is 7.90. The quantitative estimate of drug-likeness (QED) is 0.560. The Bertz CT molecular complexity index is 681. The minimum absolute atomic E-state index is 0.151. The Morgan fingerprint density at radius 1 is 1.30 bits per heavy atom. The maximum Gasteiger partial charge on any atom is 0.337 e. The predicted octanol–water partition coefficient (Wildman–Crippen LogP) is -1.39. The van der Waals surface area contributed by atoms with Crippen molar-refractivity contribution in [1.82, 2.24) is 14.4 Å². The van der Waals surface area contributed by atoms with Crippen molar-refractivity contribution in [3.8, 4) is 0 Å². The molecule has 112 valence electrons. The third-order valence-electron chi connectivity index (χ3n) is 2.23. The molecule has 0 atom stereocenters. The largest absolute Gasteiger partial charge is 0.478 e. The summed E-state index contributed by atoms with van der Waals surface area (Å²) in [7, 11) is -6.28. The molecule has 3 N–H and O–H groups in total. The summed E-state index contributed by atoms with van der Waals surface area (Å²) in [6, 6.07) is 2.12. The summed E-state index contributed by atoms with van der Waals surface area (Å²) in [5.41, 5.74) is -0.151. The number of nitrogens with one attached hydrogen (secondary N) is 2. The van der Waals surface area contributed by atoms with Crippen molar-refractivity contribution in [1.29, 1.82) is 0 Å². The van der Waals surface area contributed by atoms with Crippen LogP contribution in [0.3, 0.4) is 0 Å². The summed E-state index contributed by atoms with van der Waals surface area (Å²) in [6.07, 6.45) is 0.904. The molecule has 0 aliphatic carbocycles. The fourth-order valence-electron chi connectivity index (χ4n) is 1.15. The smallest absolute Gasteiger partial charge is 0.337 e. The van der Waals surface area contributed by atoms with E-state index in [-0.39, 0.29) is 17.1 Å². The number of pyridine rings is 1. The average Bonchev–Trinajstić information content (AvgIpc) is 2.38. The number of hydrogen-bond donors (Lipinski definition) is 3. The van der Waals surface area contributed by atoms with Crippen LogP contribution in [0, 0.1) is 0 Å². The fourth-order valence-corrected chi connectivity index (χ4v) is 2.81. The molecule has 0 aromatic carbocycles. The van der Waals surface area contributed by atoms with E-state index in [1.165, 1.54) is 7.05 Å². The van der Waals surface area contributed by atoms with E-state index in [4.69, 9.17) is 5.11 Å². The van der Waals surface area contributed by atoms with Gasteiger partial charge in [-0.15, -0.1) is 0 Å². The first-order valence-corrected chi connectivity index (χ1v) is 8.42. The normalized spacial score (nSPS) is 12.2. The van der Waals surface area contributed by atoms with Gasteiger partial charge in [-0.2, -0.15) is 0 Å². The molecule has 0 bridgehead atoms. The maximum atomic E-state index is 11.8. The number of hydrogen-bond acceptors (Lipinski definition) is 6. The number of nitrogens with zero attached hydrogens (tertiary/aromatic N) is 1. The molecular formula is C9H13N3O6S2. The monoisotopic (exact) mass is 323 g/mol. The molecule has 0 aliphatic rings. The Kier molecular flexibility index (Phi) is 5.16. The second-order valence-corrected chi connectivity index (χ2v) is 7.37. The van der Waals surface area contributed by atoms with E-state index < -0.39 is 31.8 Å². The predicted molar refractivity (Wildman–Crippen MR) is 69.2 cm³/mol. The molecule has 1 aromatic heterocycles. The van der Waals surface area contributed by atoms with Gasteiger partial charge in [-0.25, -0.2) is 36.1 Å². The zero-order valence-electron chi connectivity index (χ0n) is 10.4. The van der Waals surface area contributed by atoms with E-state index in [1.807, 2.05) is 4.72 Å². The Hall–Kier alpha value is -1.56. The highest BCUT2D eigenvalue weighted by atomic mass is 32.2. The first-order valence-electron chi connectivity index (χ1n) is 5.28. The zero-order chi connectivity index (χ0) is 15.4. The molecule has 0 saturated heterocycles. The summed E-state index contributed by atoms with van der Waals surface area (Å²) < 4.78 is 49.8. The van der Waals surface area contributed by atoms with Gasteiger partial charge in [-0.05, 0) is 19.2 Å². The lowest BCUT2D eigenvalue weighted by Crippen LogP contribution is -2.33. The zero-order valence-corrected chi connectivity index (χ0v) is 12.0. The van der Waals surface area contributed by atoms with Crippen molar-refractivity contribution in [2.45, 2.75) is 5.03 Å². The van der Waals surface area contributed by atoms with Gasteiger partial charge in [0, 0.05) is 12.7 Å². The van der Waals surface area contributed by atoms with Crippen LogP contribution in [-0.2, 0) is 20.0 Å². The maximum absolute atomic E-state index is 11.8. The molecule has 0 radical (unpaired) electrons. The van der Waals surface area contributed by atoms with Gasteiger partial charge in [0.15, 0.2) is 5.03 Å². The topological polar surface area (TPSA) is 143 Å². The summed E-state index contributed by atoms with van der Waals surface area (Å²) in [4.78, 5) is 14.1. The highest BCUT2D eigenvalue weighted by Crippen LogP contribution is 2.06. The van der Waals surface area contributed by atoms with Crippen LogP contribution < -0.4 is 9.44 Å². The number of aromatic carboxylic acids is 1. The summed E-state index contributed by atoms with van der Waals surface area (Å²) in [6.45, 7) is -0.326. The van der Waals surface area contributed by atoms with E-state index in [9.17, 15) is 21.6 Å². The minimum atomic E-state index is -3.98. The number of carboxylic acids is 1. The van der Waals surface area contributed by atoms with Crippen LogP contribution >= 0.6 is 0 Å². The van der Waals surface area contributed by atoms with Crippen molar-refractivity contribution >= 4 is 26.0 Å². The van der Waals surface area contributed by atoms with Gasteiger partial charge in [-0.1, -0.05) is 0 Å². The highest BCUT2D eigenvalue weighted by Gasteiger charge is 2.17. The minimum Gasteiger partial charge on any atom is -0.478 e. The molecule has 9 nitrogen and oxygen atoms in total. The molecule has 1 aromatic rings. The first kappa shape index (κ1) is 16.5. The number of carbonyl (C=O) groups is 1. The number of rotatable bonds is 7. The van der Waals surface area contributed by atoms with Gasteiger partial charge >= 0.3 is 5.97 Å². The SMILES string of the molecule is CNS(=O)(=O)CCNS(=O)(=O)c1ccc(C(=O)O)cn1. The van der Waals surface area contributed by atoms with E-state index in [1.54, 1.807) is 0 Å². The second kappa shape index (κ2) is 6.26. The molecule has 0 amide bonds. The fraction of sp³-hybridized carbons (Fsp3) is 0.333. The van der Waals surface area contributed by atoms with Crippen molar-refractivity contribution in [3.05, 3.63) is 23.9 Å². The molecule has 0 unspecified atom stereocenters. The number of aromatic nitrogens is 1. The van der Waals surface area contributed by atoms with Crippen molar-refractivity contribution in [2.24, 2.45) is 0 Å². The van der Waals surface area contributed by atoms with Gasteiger partial charge in [-0.3, -0.25) is 0 Å². The molecule has 0 fully saturated rings. The van der Waals surface area contributed by atoms with E-state index >= 15 is 0 Å². The van der Waals surface area contributed by atoms with Crippen LogP contribution in [0.15, 0.2) is 23.4 Å². The molecule has 0 spiro atoms. The molecule has 11 heteroatoms. The summed E-state index contributed by atoms with van der Waals surface area (Å²) in [5.74, 6) is -1.65. The lowest BCUT2D eigenvalue weighted by atomic mass is 10.3. The van der Waals surface area contributed by atoms with Crippen molar-refractivity contribution < 1.29 is 26.7 Å². The third-order valence-corrected chi connectivity index (χ3v) is 4.97. The van der Waals surface area contributed by atoms with Crippen LogP contribution in [0.5, 0.6) is 0 Å². The Balaban J connectivity index is 2.77.